The number of hydrogen-bond acceptors (Lipinski definition) is 6. The molecule has 1 aliphatic carbocycles. The van der Waals surface area contributed by atoms with Crippen molar-refractivity contribution in [3.8, 4) is 5.75 Å². The Hall–Kier alpha value is -1.70. The van der Waals surface area contributed by atoms with E-state index in [1.807, 2.05) is 32.9 Å². The van der Waals surface area contributed by atoms with Crippen LogP contribution in [0.25, 0.3) is 0 Å². The minimum absolute atomic E-state index is 0.0111. The van der Waals surface area contributed by atoms with Crippen LogP contribution in [0.1, 0.15) is 31.9 Å². The van der Waals surface area contributed by atoms with Crippen LogP contribution in [0, 0.1) is 4.91 Å². The van der Waals surface area contributed by atoms with Crippen LogP contribution in [0.5, 0.6) is 5.75 Å². The van der Waals surface area contributed by atoms with E-state index in [-0.39, 0.29) is 13.2 Å². The highest BCUT2D eigenvalue weighted by molar-refractivity contribution is 5.43. The largest absolute Gasteiger partial charge is 0.491 e. The number of fused-ring (bicyclic) bond motifs is 1. The molecule has 0 aliphatic heterocycles. The Morgan fingerprint density at radius 3 is 2.58 bits per heavy atom. The second-order valence-corrected chi connectivity index (χ2v) is 7.24. The zero-order valence-corrected chi connectivity index (χ0v) is 14.3. The monoisotopic (exact) mass is 338 g/mol. The van der Waals surface area contributed by atoms with Crippen LogP contribution >= 0.6 is 0 Å². The highest BCUT2D eigenvalue weighted by Gasteiger charge is 2.28. The summed E-state index contributed by atoms with van der Waals surface area (Å²) >= 11 is 0. The number of aliphatic hydroxyl groups is 3. The molecule has 0 amide bonds. The molecule has 0 fully saturated rings. The molecule has 0 saturated carbocycles. The van der Waals surface area contributed by atoms with E-state index in [1.165, 1.54) is 5.01 Å². The number of benzene rings is 1. The molecule has 0 heterocycles. The lowest BCUT2D eigenvalue weighted by atomic mass is 9.87. The lowest BCUT2D eigenvalue weighted by Gasteiger charge is -2.31. The molecule has 0 radical (unpaired) electrons. The molecule has 0 saturated heterocycles. The number of aliphatic hydroxyl groups excluding tert-OH is 3. The van der Waals surface area contributed by atoms with Crippen molar-refractivity contribution >= 4 is 0 Å². The smallest absolute Gasteiger partial charge is 0.123 e. The van der Waals surface area contributed by atoms with Gasteiger partial charge >= 0.3 is 0 Å². The van der Waals surface area contributed by atoms with Crippen molar-refractivity contribution in [1.29, 1.82) is 0 Å². The first-order valence-corrected chi connectivity index (χ1v) is 8.11. The van der Waals surface area contributed by atoms with Crippen LogP contribution in [-0.2, 0) is 12.8 Å². The van der Waals surface area contributed by atoms with Crippen molar-refractivity contribution in [2.45, 2.75) is 57.5 Å². The molecule has 0 aromatic heterocycles. The molecule has 134 valence electrons. The van der Waals surface area contributed by atoms with Crippen molar-refractivity contribution in [2.24, 2.45) is 5.29 Å². The minimum atomic E-state index is -0.878. The molecule has 3 N–H and O–H groups in total. The fourth-order valence-electron chi connectivity index (χ4n) is 2.74. The molecule has 0 spiro atoms. The summed E-state index contributed by atoms with van der Waals surface area (Å²) in [6.07, 6.45) is -1.77. The topological polar surface area (TPSA) is 103 Å². The van der Waals surface area contributed by atoms with Crippen molar-refractivity contribution < 1.29 is 20.1 Å². The van der Waals surface area contributed by atoms with E-state index in [4.69, 9.17) is 4.74 Å². The molecule has 3 atom stereocenters. The average molecular weight is 338 g/mol. The van der Waals surface area contributed by atoms with Gasteiger partial charge in [-0.05, 0) is 32.4 Å². The summed E-state index contributed by atoms with van der Waals surface area (Å²) < 4.78 is 5.69. The van der Waals surface area contributed by atoms with Crippen molar-refractivity contribution in [3.63, 3.8) is 0 Å². The Kier molecular flexibility index (Phi) is 5.79. The summed E-state index contributed by atoms with van der Waals surface area (Å²) in [4.78, 5) is 10.9. The molecule has 24 heavy (non-hydrogen) atoms. The Morgan fingerprint density at radius 1 is 1.29 bits per heavy atom. The van der Waals surface area contributed by atoms with Gasteiger partial charge in [-0.15, -0.1) is 4.91 Å². The predicted molar refractivity (Wildman–Crippen MR) is 89.6 cm³/mol. The summed E-state index contributed by atoms with van der Waals surface area (Å²) in [6.45, 7) is 5.59. The minimum Gasteiger partial charge on any atom is -0.491 e. The van der Waals surface area contributed by atoms with Gasteiger partial charge in [0.25, 0.3) is 0 Å². The molecule has 1 unspecified atom stereocenters. The van der Waals surface area contributed by atoms with Gasteiger partial charge in [-0.3, -0.25) is 5.01 Å². The van der Waals surface area contributed by atoms with E-state index in [9.17, 15) is 20.2 Å². The van der Waals surface area contributed by atoms with E-state index in [0.717, 1.165) is 11.1 Å². The molecule has 2 rings (SSSR count). The third-order valence-corrected chi connectivity index (χ3v) is 4.20. The summed E-state index contributed by atoms with van der Waals surface area (Å²) in [5, 5.41) is 34.0. The van der Waals surface area contributed by atoms with Crippen LogP contribution in [0.3, 0.4) is 0 Å². The second-order valence-electron chi connectivity index (χ2n) is 7.24. The van der Waals surface area contributed by atoms with Crippen molar-refractivity contribution in [2.75, 3.05) is 13.2 Å². The Morgan fingerprint density at radius 2 is 1.96 bits per heavy atom. The summed E-state index contributed by atoms with van der Waals surface area (Å²) in [5.41, 5.74) is 1.31. The maximum absolute atomic E-state index is 10.9. The number of rotatable bonds is 6. The molecule has 0 bridgehead atoms. The van der Waals surface area contributed by atoms with Crippen LogP contribution in [0.4, 0.5) is 0 Å². The summed E-state index contributed by atoms with van der Waals surface area (Å²) in [6, 6.07) is 5.49. The van der Waals surface area contributed by atoms with Gasteiger partial charge < -0.3 is 20.1 Å². The zero-order chi connectivity index (χ0) is 17.9. The number of nitrogens with zero attached hydrogens (tertiary/aromatic N) is 2. The molecule has 1 aromatic rings. The Labute approximate surface area is 141 Å². The van der Waals surface area contributed by atoms with Gasteiger partial charge in [-0.1, -0.05) is 12.1 Å². The Bertz CT molecular complexity index is 573. The zero-order valence-electron chi connectivity index (χ0n) is 14.3. The summed E-state index contributed by atoms with van der Waals surface area (Å²) in [7, 11) is 0. The maximum Gasteiger partial charge on any atom is 0.123 e. The lowest BCUT2D eigenvalue weighted by molar-refractivity contribution is 0.0123. The van der Waals surface area contributed by atoms with Gasteiger partial charge in [-0.25, -0.2) is 0 Å². The first-order valence-electron chi connectivity index (χ1n) is 8.11. The highest BCUT2D eigenvalue weighted by atomic mass is 16.5. The van der Waals surface area contributed by atoms with Crippen LogP contribution in [0.2, 0.25) is 0 Å². The number of hydrogen-bond donors (Lipinski definition) is 3. The fourth-order valence-corrected chi connectivity index (χ4v) is 2.74. The quantitative estimate of drug-likeness (QED) is 0.529. The van der Waals surface area contributed by atoms with Crippen LogP contribution < -0.4 is 4.74 Å². The first kappa shape index (κ1) is 18.6. The fraction of sp³-hybridized carbons (Fsp3) is 0.647. The average Bonchev–Trinajstić information content (AvgIpc) is 2.50. The van der Waals surface area contributed by atoms with E-state index in [1.54, 1.807) is 6.07 Å². The lowest BCUT2D eigenvalue weighted by Crippen LogP contribution is -2.43. The highest BCUT2D eigenvalue weighted by Crippen LogP contribution is 2.30. The van der Waals surface area contributed by atoms with Gasteiger partial charge in [0.2, 0.25) is 0 Å². The van der Waals surface area contributed by atoms with Gasteiger partial charge in [0.1, 0.15) is 18.5 Å². The normalized spacial score (nSPS) is 21.8. The number of nitroso groups, excluding NO2 is 1. The maximum atomic E-state index is 10.9. The van der Waals surface area contributed by atoms with E-state index >= 15 is 0 Å². The third-order valence-electron chi connectivity index (χ3n) is 4.20. The molecular formula is C17H26N2O5. The van der Waals surface area contributed by atoms with E-state index in [0.29, 0.717) is 18.6 Å². The molecule has 7 heteroatoms. The van der Waals surface area contributed by atoms with Gasteiger partial charge in [0, 0.05) is 18.4 Å². The third kappa shape index (κ3) is 4.43. The van der Waals surface area contributed by atoms with Gasteiger partial charge in [0.05, 0.1) is 29.6 Å². The van der Waals surface area contributed by atoms with Crippen molar-refractivity contribution in [1.82, 2.24) is 5.01 Å². The van der Waals surface area contributed by atoms with Gasteiger partial charge in [-0.2, -0.15) is 0 Å². The molecular weight excluding hydrogens is 312 g/mol. The number of β-amino-alcohol motifs (C(OH)–C–C–N with tert-alkyl or cyclic N) is 1. The Balaban J connectivity index is 2.00. The predicted octanol–water partition coefficient (Wildman–Crippen LogP) is 1.03. The first-order chi connectivity index (χ1) is 11.2. The van der Waals surface area contributed by atoms with Crippen LogP contribution in [-0.4, -0.2) is 57.3 Å². The second kappa shape index (κ2) is 7.46. The van der Waals surface area contributed by atoms with Crippen molar-refractivity contribution in [3.05, 3.63) is 34.2 Å². The van der Waals surface area contributed by atoms with Crippen LogP contribution in [0.15, 0.2) is 23.5 Å². The SMILES string of the molecule is CC(C)(C)N(CC(O)COc1cccc2c1C[C@@H](O)[C@@H](O)C2)N=O. The molecule has 1 aliphatic rings. The molecule has 1 aromatic carbocycles. The van der Waals surface area contributed by atoms with E-state index < -0.39 is 23.9 Å². The molecule has 7 nitrogen and oxygen atoms in total. The standard InChI is InChI=1S/C17H26N2O5/c1-17(2,3)19(18-23)9-12(20)10-24-16-6-4-5-11-7-14(21)15(22)8-13(11)16/h4-6,12,14-15,20-22H,7-10H2,1-3H3/t12?,14-,15+/m0/s1. The number of ether oxygens (including phenoxy) is 1. The van der Waals surface area contributed by atoms with E-state index in [2.05, 4.69) is 5.29 Å². The van der Waals surface area contributed by atoms with Gasteiger partial charge in [0.15, 0.2) is 0 Å². The summed E-state index contributed by atoms with van der Waals surface area (Å²) in [5.74, 6) is 0.582.